The van der Waals surface area contributed by atoms with Crippen molar-refractivity contribution in [2.75, 3.05) is 6.54 Å². The second kappa shape index (κ2) is 17.9. The van der Waals surface area contributed by atoms with E-state index in [9.17, 15) is 0 Å². The van der Waals surface area contributed by atoms with Gasteiger partial charge in [-0.2, -0.15) is 0 Å². The third-order valence-electron chi connectivity index (χ3n) is 0.960. The molecule has 0 radical (unpaired) electrons. The summed E-state index contributed by atoms with van der Waals surface area (Å²) < 4.78 is 0. The first kappa shape index (κ1) is 18.7. The minimum atomic E-state index is 0. The molecule has 0 aromatic heterocycles. The molecule has 0 rings (SSSR count). The molecule has 0 fully saturated rings. The molecule has 0 bridgehead atoms. The maximum atomic E-state index is 5.30. The smallest absolute Gasteiger partial charge is 0.0121 e. The Balaban J connectivity index is -0.000000143. The summed E-state index contributed by atoms with van der Waals surface area (Å²) >= 11 is 10.5. The van der Waals surface area contributed by atoms with E-state index in [1.165, 1.54) is 6.42 Å². The van der Waals surface area contributed by atoms with Crippen molar-refractivity contribution in [3.63, 3.8) is 0 Å². The zero-order chi connectivity index (χ0) is 9.82. The van der Waals surface area contributed by atoms with Crippen molar-refractivity contribution in [1.82, 2.24) is 0 Å². The SMILES string of the molecule is C.C=C(Cl)CCN.CCCC=CCl. The average molecular weight is 226 g/mol. The number of unbranched alkanes of at least 4 members (excludes halogenated alkanes) is 1. The van der Waals surface area contributed by atoms with Crippen molar-refractivity contribution >= 4 is 23.2 Å². The minimum absolute atomic E-state index is 0. The summed E-state index contributed by atoms with van der Waals surface area (Å²) in [5.41, 5.74) is 6.64. The zero-order valence-corrected chi connectivity index (χ0v) is 9.04. The van der Waals surface area contributed by atoms with Gasteiger partial charge < -0.3 is 5.73 Å². The number of rotatable bonds is 4. The predicted octanol–water partition coefficient (Wildman–Crippen LogP) is 4.26. The number of halogens is 2. The van der Waals surface area contributed by atoms with E-state index >= 15 is 0 Å². The summed E-state index contributed by atoms with van der Waals surface area (Å²) in [4.78, 5) is 0. The van der Waals surface area contributed by atoms with E-state index in [0.717, 1.165) is 12.8 Å². The maximum Gasteiger partial charge on any atom is 0.0121 e. The zero-order valence-electron chi connectivity index (χ0n) is 7.52. The van der Waals surface area contributed by atoms with Gasteiger partial charge in [0.2, 0.25) is 0 Å². The fourth-order valence-electron chi connectivity index (χ4n) is 0.386. The largest absolute Gasteiger partial charge is 0.330 e. The van der Waals surface area contributed by atoms with E-state index < -0.39 is 0 Å². The van der Waals surface area contributed by atoms with Crippen LogP contribution in [0.4, 0.5) is 0 Å². The number of allylic oxidation sites excluding steroid dienone is 1. The lowest BCUT2D eigenvalue weighted by atomic mass is 10.3. The summed E-state index contributed by atoms with van der Waals surface area (Å²) in [6.45, 7) is 6.15. The third kappa shape index (κ3) is 33.3. The van der Waals surface area contributed by atoms with Crippen LogP contribution in [0.3, 0.4) is 0 Å². The molecular weight excluding hydrogens is 205 g/mol. The van der Waals surface area contributed by atoms with Gasteiger partial charge in [-0.15, -0.1) is 0 Å². The van der Waals surface area contributed by atoms with Gasteiger partial charge in [0.05, 0.1) is 0 Å². The molecule has 0 aliphatic rings. The Bertz CT molecular complexity index is 122. The highest BCUT2D eigenvalue weighted by atomic mass is 35.5. The van der Waals surface area contributed by atoms with Gasteiger partial charge in [0.25, 0.3) is 0 Å². The molecule has 0 saturated heterocycles. The average Bonchev–Trinajstić information content (AvgIpc) is 2.02. The molecule has 0 spiro atoms. The first-order chi connectivity index (χ1) is 5.68. The minimum Gasteiger partial charge on any atom is -0.330 e. The van der Waals surface area contributed by atoms with Gasteiger partial charge in [0.15, 0.2) is 0 Å². The number of hydrogen-bond donors (Lipinski definition) is 1. The van der Waals surface area contributed by atoms with E-state index in [2.05, 4.69) is 13.5 Å². The lowest BCUT2D eigenvalue weighted by molar-refractivity contribution is 0.960. The molecule has 0 aromatic rings. The molecule has 0 aliphatic heterocycles. The molecule has 0 unspecified atom stereocenters. The molecule has 0 aromatic carbocycles. The Morgan fingerprint density at radius 1 is 1.54 bits per heavy atom. The standard InChI is InChI=1S/C5H9Cl.C4H8ClN.CH4/c1-2-3-4-5-6;1-4(5)2-3-6;/h4-5H,2-3H2,1H3;1-3,6H2;1H4. The summed E-state index contributed by atoms with van der Waals surface area (Å²) in [5, 5.41) is 0.637. The molecule has 1 nitrogen and oxygen atoms in total. The Kier molecular flexibility index (Phi) is 25.9. The van der Waals surface area contributed by atoms with Crippen molar-refractivity contribution in [3.8, 4) is 0 Å². The first-order valence-corrected chi connectivity index (χ1v) is 4.79. The molecule has 3 heteroatoms. The molecule has 80 valence electrons. The third-order valence-corrected chi connectivity index (χ3v) is 1.33. The highest BCUT2D eigenvalue weighted by Crippen LogP contribution is 1.98. The molecule has 13 heavy (non-hydrogen) atoms. The second-order valence-corrected chi connectivity index (χ2v) is 2.99. The summed E-state index contributed by atoms with van der Waals surface area (Å²) in [6.07, 6.45) is 4.95. The van der Waals surface area contributed by atoms with Gasteiger partial charge in [0, 0.05) is 10.6 Å². The number of nitrogens with two attached hydrogens (primary N) is 1. The molecular formula is C10H21Cl2N. The van der Waals surface area contributed by atoms with E-state index in [-0.39, 0.29) is 7.43 Å². The molecule has 0 aliphatic carbocycles. The van der Waals surface area contributed by atoms with Gasteiger partial charge in [-0.25, -0.2) is 0 Å². The fourth-order valence-corrected chi connectivity index (χ4v) is 0.621. The molecule has 0 saturated carbocycles. The Labute approximate surface area is 92.6 Å². The quantitative estimate of drug-likeness (QED) is 0.761. The second-order valence-electron chi connectivity index (χ2n) is 2.21. The van der Waals surface area contributed by atoms with E-state index in [4.69, 9.17) is 28.9 Å². The van der Waals surface area contributed by atoms with Crippen molar-refractivity contribution in [3.05, 3.63) is 23.2 Å². The fraction of sp³-hybridized carbons (Fsp3) is 0.600. The molecule has 0 atom stereocenters. The van der Waals surface area contributed by atoms with Gasteiger partial charge in [-0.1, -0.05) is 56.6 Å². The van der Waals surface area contributed by atoms with Gasteiger partial charge in [-0.3, -0.25) is 0 Å². The highest BCUT2D eigenvalue weighted by Gasteiger charge is 1.79. The van der Waals surface area contributed by atoms with Crippen LogP contribution in [-0.4, -0.2) is 6.54 Å². The maximum absolute atomic E-state index is 5.30. The molecule has 2 N–H and O–H groups in total. The topological polar surface area (TPSA) is 26.0 Å². The van der Waals surface area contributed by atoms with Gasteiger partial charge in [-0.05, 0) is 19.4 Å². The van der Waals surface area contributed by atoms with Crippen LogP contribution in [-0.2, 0) is 0 Å². The number of hydrogen-bond acceptors (Lipinski definition) is 1. The predicted molar refractivity (Wildman–Crippen MR) is 65.3 cm³/mol. The van der Waals surface area contributed by atoms with Crippen LogP contribution >= 0.6 is 23.2 Å². The normalized spacial score (nSPS) is 8.62. The summed E-state index contributed by atoms with van der Waals surface area (Å²) in [5.74, 6) is 0. The Morgan fingerprint density at radius 2 is 2.08 bits per heavy atom. The van der Waals surface area contributed by atoms with Crippen molar-refractivity contribution in [2.24, 2.45) is 5.73 Å². The van der Waals surface area contributed by atoms with Crippen LogP contribution in [0, 0.1) is 0 Å². The monoisotopic (exact) mass is 225 g/mol. The van der Waals surface area contributed by atoms with Crippen LogP contribution in [0.25, 0.3) is 0 Å². The lowest BCUT2D eigenvalue weighted by Gasteiger charge is -1.84. The van der Waals surface area contributed by atoms with Crippen molar-refractivity contribution in [2.45, 2.75) is 33.6 Å². The van der Waals surface area contributed by atoms with Crippen LogP contribution in [0.5, 0.6) is 0 Å². The van der Waals surface area contributed by atoms with Crippen LogP contribution in [0.15, 0.2) is 23.2 Å². The molecule has 0 amide bonds. The Morgan fingerprint density at radius 3 is 2.15 bits per heavy atom. The van der Waals surface area contributed by atoms with E-state index in [1.807, 2.05) is 6.08 Å². The van der Waals surface area contributed by atoms with E-state index in [1.54, 1.807) is 5.54 Å². The highest BCUT2D eigenvalue weighted by molar-refractivity contribution is 6.29. The van der Waals surface area contributed by atoms with Gasteiger partial charge in [0.1, 0.15) is 0 Å². The first-order valence-electron chi connectivity index (χ1n) is 3.97. The van der Waals surface area contributed by atoms with Crippen LogP contribution in [0.2, 0.25) is 0 Å². The Hall–Kier alpha value is 0.0200. The molecule has 0 heterocycles. The van der Waals surface area contributed by atoms with Crippen LogP contribution < -0.4 is 5.73 Å². The lowest BCUT2D eigenvalue weighted by Crippen LogP contribution is -1.96. The summed E-state index contributed by atoms with van der Waals surface area (Å²) in [6, 6.07) is 0. The van der Waals surface area contributed by atoms with Gasteiger partial charge >= 0.3 is 0 Å². The van der Waals surface area contributed by atoms with Crippen molar-refractivity contribution in [1.29, 1.82) is 0 Å². The van der Waals surface area contributed by atoms with E-state index in [0.29, 0.717) is 11.6 Å². The van der Waals surface area contributed by atoms with Crippen molar-refractivity contribution < 1.29 is 0 Å². The van der Waals surface area contributed by atoms with Crippen LogP contribution in [0.1, 0.15) is 33.6 Å². The summed E-state index contributed by atoms with van der Waals surface area (Å²) in [7, 11) is 0.